The first-order valence-corrected chi connectivity index (χ1v) is 6.92. The van der Waals surface area contributed by atoms with E-state index in [2.05, 4.69) is 10.6 Å². The first-order valence-electron chi connectivity index (χ1n) is 6.54. The average molecular weight is 314 g/mol. The van der Waals surface area contributed by atoms with E-state index in [4.69, 9.17) is 16.3 Å². The van der Waals surface area contributed by atoms with Crippen molar-refractivity contribution in [1.29, 1.82) is 0 Å². The van der Waals surface area contributed by atoms with Crippen LogP contribution in [0.5, 0.6) is 0 Å². The molecule has 0 aliphatic carbocycles. The van der Waals surface area contributed by atoms with Crippen LogP contribution in [0.4, 0.5) is 5.69 Å². The number of nitrogens with zero attached hydrogens (tertiary/aromatic N) is 1. The Bertz CT molecular complexity index is 552. The summed E-state index contributed by atoms with van der Waals surface area (Å²) < 4.78 is 5.40. The van der Waals surface area contributed by atoms with Crippen LogP contribution in [0.2, 0.25) is 5.02 Å². The third-order valence-electron chi connectivity index (χ3n) is 3.29. The second-order valence-electron chi connectivity index (χ2n) is 4.76. The number of rotatable bonds is 4. The van der Waals surface area contributed by atoms with Crippen molar-refractivity contribution in [3.63, 3.8) is 0 Å². The van der Waals surface area contributed by atoms with Crippen LogP contribution >= 0.6 is 11.6 Å². The number of ether oxygens (including phenoxy) is 1. The van der Waals surface area contributed by atoms with Crippen LogP contribution in [-0.4, -0.2) is 36.1 Å². The summed E-state index contributed by atoms with van der Waals surface area (Å²) in [7, 11) is 0. The molecule has 114 valence electrons. The third kappa shape index (κ3) is 3.90. The van der Waals surface area contributed by atoms with Gasteiger partial charge < -0.3 is 15.4 Å². The lowest BCUT2D eigenvalue weighted by molar-refractivity contribution is -0.384. The molecular formula is C13H16ClN3O4. The number of hydrogen-bond acceptors (Lipinski definition) is 5. The monoisotopic (exact) mass is 313 g/mol. The van der Waals surface area contributed by atoms with Crippen molar-refractivity contribution in [1.82, 2.24) is 10.6 Å². The van der Waals surface area contributed by atoms with Gasteiger partial charge in [0.2, 0.25) is 5.91 Å². The Hall–Kier alpha value is -1.70. The van der Waals surface area contributed by atoms with Crippen LogP contribution in [0, 0.1) is 10.1 Å². The standard InChI is InChI=1S/C13H16ClN3O4/c1-8-12(15-4-5-21-8)13(18)16-7-9-6-10(17(19)20)2-3-11(9)14/h2-3,6,8,12,15H,4-5,7H2,1H3,(H,16,18)/t8-,12+/m1/s1. The van der Waals surface area contributed by atoms with Gasteiger partial charge in [-0.05, 0) is 18.6 Å². The van der Waals surface area contributed by atoms with E-state index in [1.165, 1.54) is 18.2 Å². The summed E-state index contributed by atoms with van der Waals surface area (Å²) in [5.41, 5.74) is 0.444. The van der Waals surface area contributed by atoms with E-state index < -0.39 is 11.0 Å². The minimum atomic E-state index is -0.500. The molecule has 1 saturated heterocycles. The molecule has 2 N–H and O–H groups in total. The van der Waals surface area contributed by atoms with Crippen molar-refractivity contribution >= 4 is 23.2 Å². The molecule has 0 spiro atoms. The second kappa shape index (κ2) is 6.84. The van der Waals surface area contributed by atoms with Crippen LogP contribution in [0.1, 0.15) is 12.5 Å². The highest BCUT2D eigenvalue weighted by molar-refractivity contribution is 6.31. The Balaban J connectivity index is 2.00. The molecule has 21 heavy (non-hydrogen) atoms. The zero-order valence-electron chi connectivity index (χ0n) is 11.5. The van der Waals surface area contributed by atoms with Crippen molar-refractivity contribution in [3.8, 4) is 0 Å². The first kappa shape index (κ1) is 15.7. The number of carbonyl (C=O) groups is 1. The fourth-order valence-corrected chi connectivity index (χ4v) is 2.31. The van der Waals surface area contributed by atoms with Gasteiger partial charge in [0.1, 0.15) is 6.04 Å². The summed E-state index contributed by atoms with van der Waals surface area (Å²) in [4.78, 5) is 22.3. The number of nitro groups is 1. The van der Waals surface area contributed by atoms with E-state index in [-0.39, 0.29) is 24.2 Å². The summed E-state index contributed by atoms with van der Waals surface area (Å²) in [6, 6.07) is 3.70. The quantitative estimate of drug-likeness (QED) is 0.644. The zero-order chi connectivity index (χ0) is 15.4. The van der Waals surface area contributed by atoms with Gasteiger partial charge in [0.15, 0.2) is 0 Å². The first-order chi connectivity index (χ1) is 9.99. The highest BCUT2D eigenvalue weighted by Gasteiger charge is 2.28. The van der Waals surface area contributed by atoms with Crippen molar-refractivity contribution in [2.75, 3.05) is 13.2 Å². The van der Waals surface area contributed by atoms with E-state index in [1.807, 2.05) is 6.92 Å². The summed E-state index contributed by atoms with van der Waals surface area (Å²) in [6.07, 6.45) is -0.223. The van der Waals surface area contributed by atoms with Crippen molar-refractivity contribution in [2.45, 2.75) is 25.6 Å². The summed E-state index contributed by atoms with van der Waals surface area (Å²) in [5, 5.41) is 16.9. The molecule has 0 aromatic heterocycles. The van der Waals surface area contributed by atoms with Gasteiger partial charge in [0, 0.05) is 30.2 Å². The molecule has 1 fully saturated rings. The maximum absolute atomic E-state index is 12.1. The summed E-state index contributed by atoms with van der Waals surface area (Å²) in [6.45, 7) is 3.13. The fraction of sp³-hybridized carbons (Fsp3) is 0.462. The SMILES string of the molecule is C[C@H]1OCCN[C@@H]1C(=O)NCc1cc([N+](=O)[O-])ccc1Cl. The maximum atomic E-state index is 12.1. The number of benzene rings is 1. The smallest absolute Gasteiger partial charge is 0.269 e. The Morgan fingerprint density at radius 3 is 3.05 bits per heavy atom. The van der Waals surface area contributed by atoms with Crippen molar-refractivity contribution in [3.05, 3.63) is 38.9 Å². The molecule has 1 aliphatic rings. The number of carbonyl (C=O) groups excluding carboxylic acids is 1. The topological polar surface area (TPSA) is 93.5 Å². The third-order valence-corrected chi connectivity index (χ3v) is 3.66. The number of morpholine rings is 1. The van der Waals surface area contributed by atoms with Crippen LogP contribution in [-0.2, 0) is 16.1 Å². The fourth-order valence-electron chi connectivity index (χ4n) is 2.13. The summed E-state index contributed by atoms with van der Waals surface area (Å²) in [5.74, 6) is -0.218. The van der Waals surface area contributed by atoms with E-state index in [9.17, 15) is 14.9 Å². The molecule has 2 rings (SSSR count). The van der Waals surface area contributed by atoms with E-state index >= 15 is 0 Å². The van der Waals surface area contributed by atoms with E-state index in [0.29, 0.717) is 23.7 Å². The minimum absolute atomic E-state index is 0.0591. The van der Waals surface area contributed by atoms with Gasteiger partial charge in [-0.15, -0.1) is 0 Å². The minimum Gasteiger partial charge on any atom is -0.375 e. The molecule has 1 aliphatic heterocycles. The number of non-ortho nitro benzene ring substituents is 1. The molecule has 0 unspecified atom stereocenters. The van der Waals surface area contributed by atoms with E-state index in [1.54, 1.807) is 0 Å². The molecule has 0 bridgehead atoms. The molecular weight excluding hydrogens is 298 g/mol. The van der Waals surface area contributed by atoms with Gasteiger partial charge >= 0.3 is 0 Å². The molecule has 1 heterocycles. The largest absolute Gasteiger partial charge is 0.375 e. The number of nitro benzene ring substituents is 1. The van der Waals surface area contributed by atoms with Crippen LogP contribution in [0.3, 0.4) is 0 Å². The highest BCUT2D eigenvalue weighted by atomic mass is 35.5. The van der Waals surface area contributed by atoms with Gasteiger partial charge in [-0.1, -0.05) is 11.6 Å². The van der Waals surface area contributed by atoms with Crippen LogP contribution in [0.15, 0.2) is 18.2 Å². The molecule has 1 amide bonds. The van der Waals surface area contributed by atoms with Gasteiger partial charge in [0.25, 0.3) is 5.69 Å². The zero-order valence-corrected chi connectivity index (χ0v) is 12.2. The molecule has 1 aromatic rings. The Morgan fingerprint density at radius 2 is 2.38 bits per heavy atom. The summed E-state index contributed by atoms with van der Waals surface area (Å²) >= 11 is 5.98. The number of nitrogens with one attached hydrogen (secondary N) is 2. The van der Waals surface area contributed by atoms with Gasteiger partial charge in [-0.2, -0.15) is 0 Å². The molecule has 1 aromatic carbocycles. The maximum Gasteiger partial charge on any atom is 0.269 e. The second-order valence-corrected chi connectivity index (χ2v) is 5.17. The predicted octanol–water partition coefficient (Wildman–Crippen LogP) is 1.24. The Labute approximate surface area is 126 Å². The number of halogens is 1. The van der Waals surface area contributed by atoms with Gasteiger partial charge in [0.05, 0.1) is 17.6 Å². The molecule has 0 radical (unpaired) electrons. The van der Waals surface area contributed by atoms with Crippen molar-refractivity contribution < 1.29 is 14.5 Å². The number of amides is 1. The Morgan fingerprint density at radius 1 is 1.62 bits per heavy atom. The van der Waals surface area contributed by atoms with Gasteiger partial charge in [-0.3, -0.25) is 14.9 Å². The van der Waals surface area contributed by atoms with Crippen LogP contribution in [0.25, 0.3) is 0 Å². The van der Waals surface area contributed by atoms with E-state index in [0.717, 1.165) is 0 Å². The lowest BCUT2D eigenvalue weighted by atomic mass is 10.1. The molecule has 7 nitrogen and oxygen atoms in total. The predicted molar refractivity (Wildman–Crippen MR) is 77.2 cm³/mol. The normalized spacial score (nSPS) is 21.8. The highest BCUT2D eigenvalue weighted by Crippen LogP contribution is 2.21. The Kier molecular flexibility index (Phi) is 5.11. The van der Waals surface area contributed by atoms with Gasteiger partial charge in [-0.25, -0.2) is 0 Å². The van der Waals surface area contributed by atoms with Crippen LogP contribution < -0.4 is 10.6 Å². The number of hydrogen-bond donors (Lipinski definition) is 2. The molecule has 8 heteroatoms. The molecule has 0 saturated carbocycles. The molecule has 2 atom stereocenters. The average Bonchev–Trinajstić information content (AvgIpc) is 2.46. The van der Waals surface area contributed by atoms with Crippen molar-refractivity contribution in [2.24, 2.45) is 0 Å². The lowest BCUT2D eigenvalue weighted by Crippen LogP contribution is -2.55. The lowest BCUT2D eigenvalue weighted by Gasteiger charge is -2.29.